The number of nitrogens with two attached hydrogens (primary N) is 1. The lowest BCUT2D eigenvalue weighted by molar-refractivity contribution is -0.137. The van der Waals surface area contributed by atoms with E-state index in [4.69, 9.17) is 10.8 Å². The van der Waals surface area contributed by atoms with Crippen LogP contribution in [-0.4, -0.2) is 28.6 Å². The second-order valence-electron chi connectivity index (χ2n) is 4.52. The average molecular weight is 261 g/mol. The first kappa shape index (κ1) is 16.8. The number of carbonyl (C=O) groups is 1. The maximum atomic E-state index is 10.3. The molecule has 0 aromatic rings. The van der Waals surface area contributed by atoms with Crippen molar-refractivity contribution in [2.24, 2.45) is 5.73 Å². The Morgan fingerprint density at radius 2 is 1.76 bits per heavy atom. The molecule has 1 unspecified atom stereocenters. The molecule has 0 fully saturated rings. The van der Waals surface area contributed by atoms with Crippen LogP contribution in [0.5, 0.6) is 0 Å². The van der Waals surface area contributed by atoms with Gasteiger partial charge in [-0.25, -0.2) is 0 Å². The Hall–Kier alpha value is -0.220. The first-order chi connectivity index (χ1) is 8.16. The maximum absolute atomic E-state index is 10.3. The monoisotopic (exact) mass is 261 g/mol. The number of rotatable bonds is 12. The van der Waals surface area contributed by atoms with Gasteiger partial charge in [0.2, 0.25) is 0 Å². The molecule has 0 aliphatic heterocycles. The fraction of sp³-hybridized carbons (Fsp3) is 0.923. The van der Waals surface area contributed by atoms with Crippen LogP contribution < -0.4 is 5.73 Å². The summed E-state index contributed by atoms with van der Waals surface area (Å²) in [5.41, 5.74) is 5.46. The fourth-order valence-electron chi connectivity index (χ4n) is 1.77. The van der Waals surface area contributed by atoms with E-state index in [0.717, 1.165) is 30.4 Å². The molecule has 0 amide bonds. The van der Waals surface area contributed by atoms with Crippen LogP contribution in [0.25, 0.3) is 0 Å². The highest BCUT2D eigenvalue weighted by Gasteiger charge is 2.01. The highest BCUT2D eigenvalue weighted by atomic mass is 32.2. The summed E-state index contributed by atoms with van der Waals surface area (Å²) in [6.45, 7) is 3.05. The van der Waals surface area contributed by atoms with E-state index in [9.17, 15) is 4.79 Å². The Labute approximate surface area is 110 Å². The van der Waals surface area contributed by atoms with Crippen LogP contribution in [-0.2, 0) is 4.79 Å². The minimum absolute atomic E-state index is 0.326. The van der Waals surface area contributed by atoms with Gasteiger partial charge in [-0.2, -0.15) is 11.8 Å². The summed E-state index contributed by atoms with van der Waals surface area (Å²) in [5.74, 6) is 0.395. The SMILES string of the molecule is CC(CCCCCCCCC(=O)O)SCCN. The topological polar surface area (TPSA) is 63.3 Å². The number of thioether (sulfide) groups is 1. The molecule has 1 atom stereocenters. The molecule has 0 aromatic heterocycles. The van der Waals surface area contributed by atoms with Crippen molar-refractivity contribution in [3.63, 3.8) is 0 Å². The van der Waals surface area contributed by atoms with Crippen molar-refractivity contribution in [3.05, 3.63) is 0 Å². The van der Waals surface area contributed by atoms with E-state index in [1.54, 1.807) is 0 Å². The highest BCUT2D eigenvalue weighted by Crippen LogP contribution is 2.17. The number of unbranched alkanes of at least 4 members (excludes halogenated alkanes) is 5. The van der Waals surface area contributed by atoms with Crippen molar-refractivity contribution in [1.29, 1.82) is 0 Å². The van der Waals surface area contributed by atoms with E-state index < -0.39 is 5.97 Å². The molecule has 3 N–H and O–H groups in total. The molecule has 4 heteroatoms. The Kier molecular flexibility index (Phi) is 12.1. The predicted octanol–water partition coefficient (Wildman–Crippen LogP) is 3.27. The van der Waals surface area contributed by atoms with E-state index in [-0.39, 0.29) is 0 Å². The summed E-state index contributed by atoms with van der Waals surface area (Å²) in [7, 11) is 0. The second kappa shape index (κ2) is 12.2. The van der Waals surface area contributed by atoms with Crippen LogP contribution in [0, 0.1) is 0 Å². The van der Waals surface area contributed by atoms with Crippen molar-refractivity contribution in [3.8, 4) is 0 Å². The molecule has 0 spiro atoms. The third kappa shape index (κ3) is 13.7. The van der Waals surface area contributed by atoms with Gasteiger partial charge in [0.1, 0.15) is 0 Å². The molecule has 0 bridgehead atoms. The number of carboxylic acids is 1. The predicted molar refractivity (Wildman–Crippen MR) is 75.5 cm³/mol. The number of aliphatic carboxylic acids is 1. The number of hydrogen-bond donors (Lipinski definition) is 2. The highest BCUT2D eigenvalue weighted by molar-refractivity contribution is 7.99. The third-order valence-electron chi connectivity index (χ3n) is 2.77. The smallest absolute Gasteiger partial charge is 0.303 e. The average Bonchev–Trinajstić information content (AvgIpc) is 2.29. The van der Waals surface area contributed by atoms with Crippen LogP contribution in [0.15, 0.2) is 0 Å². The molecule has 0 saturated carbocycles. The minimum Gasteiger partial charge on any atom is -0.481 e. The van der Waals surface area contributed by atoms with Crippen molar-refractivity contribution < 1.29 is 9.90 Å². The molecule has 0 aliphatic rings. The van der Waals surface area contributed by atoms with Gasteiger partial charge < -0.3 is 10.8 Å². The van der Waals surface area contributed by atoms with E-state index >= 15 is 0 Å². The van der Waals surface area contributed by atoms with Gasteiger partial charge in [-0.3, -0.25) is 4.79 Å². The lowest BCUT2D eigenvalue weighted by Gasteiger charge is -2.09. The zero-order valence-corrected chi connectivity index (χ0v) is 11.8. The molecular formula is C13H27NO2S. The van der Waals surface area contributed by atoms with Crippen molar-refractivity contribution in [1.82, 2.24) is 0 Å². The van der Waals surface area contributed by atoms with E-state index in [0.29, 0.717) is 6.42 Å². The Morgan fingerprint density at radius 1 is 1.18 bits per heavy atom. The lowest BCUT2D eigenvalue weighted by atomic mass is 10.1. The van der Waals surface area contributed by atoms with Gasteiger partial charge >= 0.3 is 5.97 Å². The molecule has 0 rings (SSSR count). The fourth-order valence-corrected chi connectivity index (χ4v) is 2.64. The quantitative estimate of drug-likeness (QED) is 0.529. The van der Waals surface area contributed by atoms with Gasteiger partial charge in [-0.15, -0.1) is 0 Å². The van der Waals surface area contributed by atoms with Crippen LogP contribution in [0.3, 0.4) is 0 Å². The van der Waals surface area contributed by atoms with E-state index in [1.165, 1.54) is 32.1 Å². The standard InChI is InChI=1S/C13H27NO2S/c1-12(17-11-10-14)8-6-4-2-3-5-7-9-13(15)16/h12H,2-11,14H2,1H3,(H,15,16). The Balaban J connectivity index is 3.10. The lowest BCUT2D eigenvalue weighted by Crippen LogP contribution is -2.05. The summed E-state index contributed by atoms with van der Waals surface area (Å²) >= 11 is 1.96. The molecule has 0 heterocycles. The molecule has 0 saturated heterocycles. The zero-order valence-electron chi connectivity index (χ0n) is 11.0. The van der Waals surface area contributed by atoms with Gasteiger partial charge in [0.25, 0.3) is 0 Å². The van der Waals surface area contributed by atoms with Crippen molar-refractivity contribution in [2.75, 3.05) is 12.3 Å². The summed E-state index contributed by atoms with van der Waals surface area (Å²) in [6.07, 6.45) is 8.48. The van der Waals surface area contributed by atoms with Gasteiger partial charge in [0.05, 0.1) is 0 Å². The molecular weight excluding hydrogens is 234 g/mol. The normalized spacial score (nSPS) is 12.6. The van der Waals surface area contributed by atoms with E-state index in [1.807, 2.05) is 11.8 Å². The van der Waals surface area contributed by atoms with Gasteiger partial charge in [0, 0.05) is 24.0 Å². The molecule has 17 heavy (non-hydrogen) atoms. The first-order valence-corrected chi connectivity index (χ1v) is 7.75. The van der Waals surface area contributed by atoms with Crippen LogP contribution in [0.4, 0.5) is 0 Å². The summed E-state index contributed by atoms with van der Waals surface area (Å²) in [5, 5.41) is 9.20. The van der Waals surface area contributed by atoms with E-state index in [2.05, 4.69) is 6.92 Å². The molecule has 0 aromatic carbocycles. The van der Waals surface area contributed by atoms with Crippen LogP contribution in [0.2, 0.25) is 0 Å². The van der Waals surface area contributed by atoms with Gasteiger partial charge in [0.15, 0.2) is 0 Å². The third-order valence-corrected chi connectivity index (χ3v) is 4.05. The van der Waals surface area contributed by atoms with Gasteiger partial charge in [-0.05, 0) is 12.8 Å². The molecule has 0 aliphatic carbocycles. The summed E-state index contributed by atoms with van der Waals surface area (Å²) < 4.78 is 0. The largest absolute Gasteiger partial charge is 0.481 e. The number of hydrogen-bond acceptors (Lipinski definition) is 3. The van der Waals surface area contributed by atoms with Crippen LogP contribution >= 0.6 is 11.8 Å². The summed E-state index contributed by atoms with van der Waals surface area (Å²) in [4.78, 5) is 10.3. The number of carboxylic acid groups (broad SMARTS) is 1. The maximum Gasteiger partial charge on any atom is 0.303 e. The van der Waals surface area contributed by atoms with Gasteiger partial charge in [-0.1, -0.05) is 39.0 Å². The summed E-state index contributed by atoms with van der Waals surface area (Å²) in [6, 6.07) is 0. The molecule has 0 radical (unpaired) electrons. The molecule has 102 valence electrons. The van der Waals surface area contributed by atoms with Crippen LogP contribution in [0.1, 0.15) is 58.3 Å². The first-order valence-electron chi connectivity index (χ1n) is 6.70. The van der Waals surface area contributed by atoms with Crippen molar-refractivity contribution in [2.45, 2.75) is 63.5 Å². The Morgan fingerprint density at radius 3 is 2.35 bits per heavy atom. The minimum atomic E-state index is -0.671. The Bertz CT molecular complexity index is 188. The zero-order chi connectivity index (χ0) is 12.9. The molecule has 3 nitrogen and oxygen atoms in total. The second-order valence-corrected chi connectivity index (χ2v) is 6.07. The van der Waals surface area contributed by atoms with Crippen molar-refractivity contribution >= 4 is 17.7 Å².